The van der Waals surface area contributed by atoms with Crippen LogP contribution in [0.5, 0.6) is 0 Å². The summed E-state index contributed by atoms with van der Waals surface area (Å²) in [6.07, 6.45) is -1.17. The van der Waals surface area contributed by atoms with E-state index in [1.165, 1.54) is 6.20 Å². The number of anilines is 1. The second-order valence-corrected chi connectivity index (χ2v) is 5.52. The van der Waals surface area contributed by atoms with E-state index in [1.807, 2.05) is 0 Å². The summed E-state index contributed by atoms with van der Waals surface area (Å²) in [7, 11) is 0. The molecule has 1 aliphatic rings. The number of nitrogens with two attached hydrogens (primary N) is 1. The summed E-state index contributed by atoms with van der Waals surface area (Å²) in [6.45, 7) is 0.916. The summed E-state index contributed by atoms with van der Waals surface area (Å²) in [4.78, 5) is 3.79. The lowest BCUT2D eigenvalue weighted by atomic mass is 10.1. The maximum absolute atomic E-state index is 12.8. The van der Waals surface area contributed by atoms with Crippen molar-refractivity contribution < 1.29 is 13.2 Å². The minimum Gasteiger partial charge on any atom is -0.369 e. The number of halogens is 4. The van der Waals surface area contributed by atoms with Crippen LogP contribution in [0.4, 0.5) is 19.0 Å². The molecule has 100 valence electrons. The maximum Gasteiger partial charge on any atom is 0.419 e. The Kier molecular flexibility index (Phi) is 3.55. The van der Waals surface area contributed by atoms with Gasteiger partial charge in [-0.1, -0.05) is 0 Å². The SMILES string of the molecule is NCC1(CNc2ncc(Br)cc2C(F)(F)F)CC1. The van der Waals surface area contributed by atoms with Gasteiger partial charge in [0.15, 0.2) is 0 Å². The van der Waals surface area contributed by atoms with E-state index in [9.17, 15) is 13.2 Å². The van der Waals surface area contributed by atoms with E-state index >= 15 is 0 Å². The van der Waals surface area contributed by atoms with Gasteiger partial charge in [-0.2, -0.15) is 13.2 Å². The van der Waals surface area contributed by atoms with Crippen LogP contribution in [0.25, 0.3) is 0 Å². The lowest BCUT2D eigenvalue weighted by molar-refractivity contribution is -0.137. The first kappa shape index (κ1) is 13.6. The first-order valence-electron chi connectivity index (χ1n) is 5.53. The lowest BCUT2D eigenvalue weighted by Gasteiger charge is -2.17. The van der Waals surface area contributed by atoms with Crippen molar-refractivity contribution in [3.8, 4) is 0 Å². The fraction of sp³-hybridized carbons (Fsp3) is 0.545. The Morgan fingerprint density at radius 3 is 2.61 bits per heavy atom. The second kappa shape index (κ2) is 4.70. The van der Waals surface area contributed by atoms with Gasteiger partial charge in [-0.25, -0.2) is 4.98 Å². The van der Waals surface area contributed by atoms with Gasteiger partial charge < -0.3 is 11.1 Å². The van der Waals surface area contributed by atoms with Crippen molar-refractivity contribution in [2.24, 2.45) is 11.1 Å². The maximum atomic E-state index is 12.8. The highest BCUT2D eigenvalue weighted by atomic mass is 79.9. The van der Waals surface area contributed by atoms with Gasteiger partial charge in [0.05, 0.1) is 5.56 Å². The molecule has 1 aromatic heterocycles. The van der Waals surface area contributed by atoms with Crippen molar-refractivity contribution in [3.05, 3.63) is 22.3 Å². The zero-order valence-electron chi connectivity index (χ0n) is 9.52. The van der Waals surface area contributed by atoms with Crippen molar-refractivity contribution in [1.29, 1.82) is 0 Å². The van der Waals surface area contributed by atoms with Crippen LogP contribution in [0.1, 0.15) is 18.4 Å². The Morgan fingerprint density at radius 2 is 2.11 bits per heavy atom. The Bertz CT molecular complexity index is 444. The second-order valence-electron chi connectivity index (χ2n) is 4.61. The molecule has 1 fully saturated rings. The Balaban J connectivity index is 2.17. The fourth-order valence-electron chi connectivity index (χ4n) is 1.70. The normalized spacial score (nSPS) is 17.6. The van der Waals surface area contributed by atoms with Crippen LogP contribution in [-0.4, -0.2) is 18.1 Å². The van der Waals surface area contributed by atoms with E-state index in [-0.39, 0.29) is 11.2 Å². The molecular formula is C11H13BrF3N3. The summed E-state index contributed by atoms with van der Waals surface area (Å²) in [5.41, 5.74) is 4.79. The van der Waals surface area contributed by atoms with Crippen molar-refractivity contribution in [3.63, 3.8) is 0 Å². The molecule has 3 N–H and O–H groups in total. The molecule has 7 heteroatoms. The van der Waals surface area contributed by atoms with E-state index in [2.05, 4.69) is 26.2 Å². The number of nitrogens with zero attached hydrogens (tertiary/aromatic N) is 1. The zero-order valence-corrected chi connectivity index (χ0v) is 11.1. The molecule has 0 saturated heterocycles. The highest BCUT2D eigenvalue weighted by Gasteiger charge is 2.42. The smallest absolute Gasteiger partial charge is 0.369 e. The third kappa shape index (κ3) is 2.95. The topological polar surface area (TPSA) is 50.9 Å². The van der Waals surface area contributed by atoms with Crippen LogP contribution in [-0.2, 0) is 6.18 Å². The molecule has 0 bridgehead atoms. The number of rotatable bonds is 4. The molecule has 1 saturated carbocycles. The summed E-state index contributed by atoms with van der Waals surface area (Å²) < 4.78 is 38.8. The van der Waals surface area contributed by atoms with Gasteiger partial charge in [0.2, 0.25) is 0 Å². The van der Waals surface area contributed by atoms with Crippen LogP contribution in [0.2, 0.25) is 0 Å². The van der Waals surface area contributed by atoms with Crippen LogP contribution >= 0.6 is 15.9 Å². The first-order chi connectivity index (χ1) is 8.36. The van der Waals surface area contributed by atoms with Gasteiger partial charge in [-0.05, 0) is 46.8 Å². The van der Waals surface area contributed by atoms with Crippen LogP contribution in [0, 0.1) is 5.41 Å². The number of alkyl halides is 3. The van der Waals surface area contributed by atoms with Crippen molar-refractivity contribution in [1.82, 2.24) is 4.98 Å². The molecule has 0 atom stereocenters. The highest BCUT2D eigenvalue weighted by molar-refractivity contribution is 9.10. The minimum absolute atomic E-state index is 0.0440. The summed E-state index contributed by atoms with van der Waals surface area (Å²) in [5.74, 6) is -0.134. The highest BCUT2D eigenvalue weighted by Crippen LogP contribution is 2.45. The quantitative estimate of drug-likeness (QED) is 0.895. The van der Waals surface area contributed by atoms with E-state index < -0.39 is 11.7 Å². The summed E-state index contributed by atoms with van der Waals surface area (Å²) >= 11 is 3.00. The van der Waals surface area contributed by atoms with Crippen LogP contribution in [0.3, 0.4) is 0 Å². The van der Waals surface area contributed by atoms with E-state index in [1.54, 1.807) is 0 Å². The molecule has 2 rings (SSSR count). The van der Waals surface area contributed by atoms with Gasteiger partial charge in [0.25, 0.3) is 0 Å². The van der Waals surface area contributed by atoms with Crippen LogP contribution in [0.15, 0.2) is 16.7 Å². The van der Waals surface area contributed by atoms with Crippen LogP contribution < -0.4 is 11.1 Å². The number of hydrogen-bond acceptors (Lipinski definition) is 3. The predicted octanol–water partition coefficient (Wildman–Crippen LogP) is 3.01. The van der Waals surface area contributed by atoms with Crippen molar-refractivity contribution in [2.45, 2.75) is 19.0 Å². The molecule has 1 heterocycles. The third-order valence-electron chi connectivity index (χ3n) is 3.18. The molecule has 0 spiro atoms. The van der Waals surface area contributed by atoms with Gasteiger partial charge in [-0.3, -0.25) is 0 Å². The number of aromatic nitrogens is 1. The average Bonchev–Trinajstić information content (AvgIpc) is 3.07. The monoisotopic (exact) mass is 323 g/mol. The minimum atomic E-state index is -4.42. The van der Waals surface area contributed by atoms with Crippen molar-refractivity contribution >= 4 is 21.7 Å². The molecule has 0 amide bonds. The van der Waals surface area contributed by atoms with Gasteiger partial charge in [0.1, 0.15) is 5.82 Å². The molecule has 1 aliphatic carbocycles. The standard InChI is InChI=1S/C11H13BrF3N3/c12-7-3-8(11(13,14)15)9(17-4-7)18-6-10(5-16)1-2-10/h3-4H,1-2,5-6,16H2,(H,17,18). The molecule has 0 radical (unpaired) electrons. The van der Waals surface area contributed by atoms with E-state index in [0.717, 1.165) is 18.9 Å². The fourth-order valence-corrected chi connectivity index (χ4v) is 2.03. The average molecular weight is 324 g/mol. The zero-order chi connectivity index (χ0) is 13.4. The Labute approximate surface area is 111 Å². The lowest BCUT2D eigenvalue weighted by Crippen LogP contribution is -2.25. The summed E-state index contributed by atoms with van der Waals surface area (Å²) in [6, 6.07) is 1.03. The summed E-state index contributed by atoms with van der Waals surface area (Å²) in [5, 5.41) is 2.77. The molecule has 18 heavy (non-hydrogen) atoms. The van der Waals surface area contributed by atoms with Gasteiger partial charge in [-0.15, -0.1) is 0 Å². The third-order valence-corrected chi connectivity index (χ3v) is 3.61. The Morgan fingerprint density at radius 1 is 1.44 bits per heavy atom. The molecule has 1 aromatic rings. The van der Waals surface area contributed by atoms with E-state index in [0.29, 0.717) is 17.6 Å². The van der Waals surface area contributed by atoms with Gasteiger partial charge >= 0.3 is 6.18 Å². The molecular weight excluding hydrogens is 311 g/mol. The largest absolute Gasteiger partial charge is 0.419 e. The number of nitrogens with one attached hydrogen (secondary N) is 1. The predicted molar refractivity (Wildman–Crippen MR) is 66.2 cm³/mol. The van der Waals surface area contributed by atoms with E-state index in [4.69, 9.17) is 5.73 Å². The molecule has 0 aliphatic heterocycles. The first-order valence-corrected chi connectivity index (χ1v) is 6.32. The van der Waals surface area contributed by atoms with Crippen molar-refractivity contribution in [2.75, 3.05) is 18.4 Å². The number of pyridine rings is 1. The molecule has 0 unspecified atom stereocenters. The Hall–Kier alpha value is -0.820. The number of hydrogen-bond donors (Lipinski definition) is 2. The molecule has 3 nitrogen and oxygen atoms in total. The van der Waals surface area contributed by atoms with Gasteiger partial charge in [0, 0.05) is 17.2 Å². The molecule has 0 aromatic carbocycles.